The molecule has 7 heteroatoms. The molecule has 0 radical (unpaired) electrons. The Morgan fingerprint density at radius 1 is 0.914 bits per heavy atom. The highest BCUT2D eigenvalue weighted by atomic mass is 16.5. The summed E-state index contributed by atoms with van der Waals surface area (Å²) in [6.07, 6.45) is 6.30. The van der Waals surface area contributed by atoms with E-state index in [0.29, 0.717) is 35.2 Å². The van der Waals surface area contributed by atoms with E-state index in [2.05, 4.69) is 11.5 Å². The Kier molecular flexibility index (Phi) is 5.47. The Morgan fingerprint density at radius 2 is 1.63 bits per heavy atom. The van der Waals surface area contributed by atoms with Crippen molar-refractivity contribution < 1.29 is 4.74 Å². The fourth-order valence-corrected chi connectivity index (χ4v) is 5.44. The average molecular weight is 468 g/mol. The molecule has 2 aromatic carbocycles. The zero-order chi connectivity index (χ0) is 23.9. The Labute approximate surface area is 203 Å². The molecule has 0 saturated heterocycles. The van der Waals surface area contributed by atoms with Gasteiger partial charge in [-0.15, -0.1) is 0 Å². The van der Waals surface area contributed by atoms with E-state index in [1.165, 1.54) is 6.42 Å². The highest BCUT2D eigenvalue weighted by Gasteiger charge is 2.26. The molecule has 1 saturated carbocycles. The molecule has 0 amide bonds. The number of ether oxygens (including phenoxy) is 1. The predicted molar refractivity (Wildman–Crippen MR) is 138 cm³/mol. The van der Waals surface area contributed by atoms with Crippen molar-refractivity contribution in [3.63, 3.8) is 0 Å². The van der Waals surface area contributed by atoms with Gasteiger partial charge in [0, 0.05) is 12.5 Å². The van der Waals surface area contributed by atoms with Gasteiger partial charge in [0.2, 0.25) is 0 Å². The molecule has 3 heterocycles. The van der Waals surface area contributed by atoms with Gasteiger partial charge in [-0.1, -0.05) is 50.5 Å². The fourth-order valence-electron chi connectivity index (χ4n) is 5.44. The first-order chi connectivity index (χ1) is 17.2. The van der Waals surface area contributed by atoms with Crippen molar-refractivity contribution in [1.82, 2.24) is 24.1 Å². The van der Waals surface area contributed by atoms with E-state index in [1.807, 2.05) is 53.1 Å². The van der Waals surface area contributed by atoms with Crippen LogP contribution < -0.4 is 10.3 Å². The van der Waals surface area contributed by atoms with Crippen LogP contribution in [0.25, 0.3) is 33.2 Å². The smallest absolute Gasteiger partial charge is 0.265 e. The molecule has 5 aromatic rings. The van der Waals surface area contributed by atoms with E-state index in [0.717, 1.165) is 53.9 Å². The van der Waals surface area contributed by atoms with Crippen LogP contribution in [-0.4, -0.2) is 31.2 Å². The summed E-state index contributed by atoms with van der Waals surface area (Å²) >= 11 is 0. The second-order valence-electron chi connectivity index (χ2n) is 9.37. The van der Waals surface area contributed by atoms with Crippen LogP contribution in [0.3, 0.4) is 0 Å². The van der Waals surface area contributed by atoms with E-state index >= 15 is 0 Å². The summed E-state index contributed by atoms with van der Waals surface area (Å²) < 4.78 is 9.35. The minimum absolute atomic E-state index is 0.0156. The van der Waals surface area contributed by atoms with Crippen molar-refractivity contribution in [2.45, 2.75) is 58.0 Å². The van der Waals surface area contributed by atoms with Gasteiger partial charge in [0.1, 0.15) is 22.5 Å². The molecule has 0 aliphatic heterocycles. The van der Waals surface area contributed by atoms with E-state index in [4.69, 9.17) is 19.7 Å². The van der Waals surface area contributed by atoms with Crippen molar-refractivity contribution in [3.05, 3.63) is 70.3 Å². The van der Waals surface area contributed by atoms with Crippen LogP contribution in [0.15, 0.2) is 53.3 Å². The molecule has 1 fully saturated rings. The van der Waals surface area contributed by atoms with Crippen LogP contribution in [0.4, 0.5) is 0 Å². The topological polar surface area (TPSA) is 74.8 Å². The number of para-hydroxylation sites is 2. The molecule has 35 heavy (non-hydrogen) atoms. The Hall–Kier alpha value is -3.74. The van der Waals surface area contributed by atoms with E-state index < -0.39 is 0 Å². The third kappa shape index (κ3) is 3.66. The number of aromatic nitrogens is 5. The summed E-state index contributed by atoms with van der Waals surface area (Å²) in [7, 11) is 1.66. The molecule has 6 rings (SSSR count). The van der Waals surface area contributed by atoms with Crippen LogP contribution in [0.2, 0.25) is 0 Å². The van der Waals surface area contributed by atoms with Gasteiger partial charge in [0.25, 0.3) is 5.56 Å². The number of fused-ring (bicyclic) bond motifs is 4. The summed E-state index contributed by atoms with van der Waals surface area (Å²) in [4.78, 5) is 29.2. The normalized spacial score (nSPS) is 14.8. The Morgan fingerprint density at radius 3 is 2.31 bits per heavy atom. The lowest BCUT2D eigenvalue weighted by molar-refractivity contribution is 0.337. The third-order valence-electron chi connectivity index (χ3n) is 7.23. The standard InChI is InChI=1S/C28H29N5O2/c1-3-23-31-26-24(28(34)33(23)19-9-5-4-6-10-19)25-27(30-22-12-8-7-11-21(22)29-25)32(26)17-18-13-15-20(35-2)16-14-18/h7-8,11-16,19H,3-6,9-10,17H2,1-2H3. The molecule has 0 N–H and O–H groups in total. The van der Waals surface area contributed by atoms with Crippen LogP contribution in [0, 0.1) is 0 Å². The van der Waals surface area contributed by atoms with Gasteiger partial charge in [-0.05, 0) is 42.7 Å². The molecule has 7 nitrogen and oxygen atoms in total. The molecular weight excluding hydrogens is 438 g/mol. The second kappa shape index (κ2) is 8.80. The quantitative estimate of drug-likeness (QED) is 0.345. The Balaban J connectivity index is 1.65. The first-order valence-electron chi connectivity index (χ1n) is 12.5. The van der Waals surface area contributed by atoms with Gasteiger partial charge in [-0.25, -0.2) is 15.0 Å². The first-order valence-corrected chi connectivity index (χ1v) is 12.5. The van der Waals surface area contributed by atoms with Gasteiger partial charge in [-0.2, -0.15) is 0 Å². The molecular formula is C28H29N5O2. The van der Waals surface area contributed by atoms with Crippen molar-refractivity contribution in [2.24, 2.45) is 0 Å². The van der Waals surface area contributed by atoms with Crippen LogP contribution in [-0.2, 0) is 13.0 Å². The van der Waals surface area contributed by atoms with E-state index in [9.17, 15) is 4.79 Å². The third-order valence-corrected chi connectivity index (χ3v) is 7.23. The summed E-state index contributed by atoms with van der Waals surface area (Å²) in [5, 5.41) is 0.578. The molecule has 0 unspecified atom stereocenters. The summed E-state index contributed by atoms with van der Waals surface area (Å²) in [5.74, 6) is 1.65. The van der Waals surface area contributed by atoms with Crippen LogP contribution in [0.5, 0.6) is 5.75 Å². The van der Waals surface area contributed by atoms with Gasteiger partial charge in [-0.3, -0.25) is 9.36 Å². The highest BCUT2D eigenvalue weighted by molar-refractivity contribution is 6.04. The number of nitrogens with zero attached hydrogens (tertiary/aromatic N) is 5. The Bertz CT molecular complexity index is 1590. The number of hydrogen-bond donors (Lipinski definition) is 0. The van der Waals surface area contributed by atoms with Gasteiger partial charge < -0.3 is 9.30 Å². The predicted octanol–water partition coefficient (Wildman–Crippen LogP) is 5.42. The highest BCUT2D eigenvalue weighted by Crippen LogP contribution is 2.31. The molecule has 1 aliphatic carbocycles. The van der Waals surface area contributed by atoms with Crippen LogP contribution in [0.1, 0.15) is 56.5 Å². The maximum absolute atomic E-state index is 14.1. The maximum Gasteiger partial charge on any atom is 0.265 e. The molecule has 3 aromatic heterocycles. The fraction of sp³-hybridized carbons (Fsp3) is 0.357. The SMILES string of the molecule is CCc1nc2c(c(=O)n1C1CCCCC1)c1nc3ccccc3nc1n2Cc1ccc(OC)cc1. The maximum atomic E-state index is 14.1. The largest absolute Gasteiger partial charge is 0.497 e. The molecule has 1 aliphatic rings. The number of benzene rings is 2. The molecule has 0 spiro atoms. The van der Waals surface area contributed by atoms with Gasteiger partial charge >= 0.3 is 0 Å². The second-order valence-corrected chi connectivity index (χ2v) is 9.37. The van der Waals surface area contributed by atoms with Gasteiger partial charge in [0.15, 0.2) is 11.3 Å². The van der Waals surface area contributed by atoms with E-state index in [-0.39, 0.29) is 11.6 Å². The van der Waals surface area contributed by atoms with Crippen LogP contribution >= 0.6 is 0 Å². The molecule has 0 atom stereocenters. The number of methoxy groups -OCH3 is 1. The zero-order valence-electron chi connectivity index (χ0n) is 20.2. The lowest BCUT2D eigenvalue weighted by atomic mass is 9.95. The number of rotatable bonds is 5. The lowest BCUT2D eigenvalue weighted by Crippen LogP contribution is -2.30. The van der Waals surface area contributed by atoms with Crippen molar-refractivity contribution >= 4 is 33.2 Å². The molecule has 178 valence electrons. The summed E-state index contributed by atoms with van der Waals surface area (Å²) in [6, 6.07) is 16.0. The average Bonchev–Trinajstić information content (AvgIpc) is 3.20. The monoisotopic (exact) mass is 467 g/mol. The number of hydrogen-bond acceptors (Lipinski definition) is 5. The zero-order valence-corrected chi connectivity index (χ0v) is 20.2. The summed E-state index contributed by atoms with van der Waals surface area (Å²) in [5.41, 5.74) is 4.69. The minimum atomic E-state index is 0.0156. The number of aryl methyl sites for hydroxylation is 1. The van der Waals surface area contributed by atoms with Gasteiger partial charge in [0.05, 0.1) is 24.7 Å². The van der Waals surface area contributed by atoms with Crippen molar-refractivity contribution in [2.75, 3.05) is 7.11 Å². The van der Waals surface area contributed by atoms with Crippen molar-refractivity contribution in [3.8, 4) is 5.75 Å². The van der Waals surface area contributed by atoms with Crippen molar-refractivity contribution in [1.29, 1.82) is 0 Å². The minimum Gasteiger partial charge on any atom is -0.497 e. The summed E-state index contributed by atoms with van der Waals surface area (Å²) in [6.45, 7) is 2.62. The first kappa shape index (κ1) is 21.8. The molecule has 0 bridgehead atoms. The van der Waals surface area contributed by atoms with E-state index in [1.54, 1.807) is 7.11 Å². The lowest BCUT2D eigenvalue weighted by Gasteiger charge is -2.26.